The summed E-state index contributed by atoms with van der Waals surface area (Å²) >= 11 is 1.56. The van der Waals surface area contributed by atoms with Gasteiger partial charge in [-0.25, -0.2) is 9.78 Å². The fraction of sp³-hybridized carbons (Fsp3) is 0.265. The molecule has 2 aromatic heterocycles. The molecule has 0 spiro atoms. The van der Waals surface area contributed by atoms with E-state index >= 15 is 0 Å². The first-order valence-electron chi connectivity index (χ1n) is 14.6. The molecule has 1 amide bonds. The molecular weight excluding hydrogens is 572 g/mol. The van der Waals surface area contributed by atoms with E-state index < -0.39 is 17.9 Å². The number of thiazole rings is 1. The number of aromatic nitrogens is 2. The van der Waals surface area contributed by atoms with Crippen molar-refractivity contribution < 1.29 is 14.7 Å². The largest absolute Gasteiger partial charge is 0.480 e. The molecule has 2 heterocycles. The van der Waals surface area contributed by atoms with E-state index in [9.17, 15) is 14.7 Å². The number of carbonyl (C=O) groups excluding carboxylic acids is 1. The van der Waals surface area contributed by atoms with Crippen molar-refractivity contribution in [1.82, 2.24) is 20.2 Å². The Morgan fingerprint density at radius 2 is 1.80 bits per heavy atom. The third kappa shape index (κ3) is 9.32. The molecule has 0 aliphatic rings. The van der Waals surface area contributed by atoms with Gasteiger partial charge in [0.05, 0.1) is 5.01 Å². The zero-order valence-corrected chi connectivity index (χ0v) is 25.7. The average molecular weight is 613 g/mol. The molecule has 7 N–H and O–H groups in total. The summed E-state index contributed by atoms with van der Waals surface area (Å²) in [6, 6.07) is 24.3. The van der Waals surface area contributed by atoms with Gasteiger partial charge in [-0.1, -0.05) is 54.6 Å². The minimum absolute atomic E-state index is 0.215. The second kappa shape index (κ2) is 16.5. The fourth-order valence-electron chi connectivity index (χ4n) is 4.84. The van der Waals surface area contributed by atoms with Gasteiger partial charge in [0.2, 0.25) is 0 Å². The van der Waals surface area contributed by atoms with Crippen LogP contribution in [-0.4, -0.2) is 39.1 Å². The van der Waals surface area contributed by atoms with Crippen molar-refractivity contribution in [1.29, 1.82) is 0 Å². The molecule has 44 heavy (non-hydrogen) atoms. The Hall–Kier alpha value is -4.35. The predicted octanol–water partition coefficient (Wildman–Crippen LogP) is 4.78. The van der Waals surface area contributed by atoms with E-state index in [0.29, 0.717) is 44.5 Å². The molecule has 2 unspecified atom stereocenters. The summed E-state index contributed by atoms with van der Waals surface area (Å²) in [5, 5.41) is 20.8. The lowest BCUT2D eigenvalue weighted by atomic mass is 10.0. The van der Waals surface area contributed by atoms with Crippen molar-refractivity contribution in [3.63, 3.8) is 0 Å². The van der Waals surface area contributed by atoms with Crippen molar-refractivity contribution in [2.45, 2.75) is 44.4 Å². The Labute approximate surface area is 261 Å². The topological polar surface area (TPSA) is 148 Å². The van der Waals surface area contributed by atoms with Gasteiger partial charge in [-0.15, -0.1) is 11.3 Å². The first kappa shape index (κ1) is 32.6. The summed E-state index contributed by atoms with van der Waals surface area (Å²) < 4.78 is 2.03. The molecule has 0 radical (unpaired) electrons. The molecule has 9 nitrogen and oxygen atoms in total. The predicted molar refractivity (Wildman–Crippen MR) is 176 cm³/mol. The Kier molecular flexibility index (Phi) is 12.2. The Bertz CT molecular complexity index is 1610. The van der Waals surface area contributed by atoms with Gasteiger partial charge in [-0.3, -0.25) is 4.79 Å². The third-order valence-corrected chi connectivity index (χ3v) is 8.19. The quantitative estimate of drug-likeness (QED) is 0.120. The van der Waals surface area contributed by atoms with Gasteiger partial charge in [-0.05, 0) is 65.6 Å². The number of aliphatic carboxylic acids is 1. The number of nitrogens with two attached hydrogens (primary N) is 2. The van der Waals surface area contributed by atoms with Gasteiger partial charge < -0.3 is 31.8 Å². The monoisotopic (exact) mass is 612 g/mol. The minimum atomic E-state index is -1.04. The lowest BCUT2D eigenvalue weighted by molar-refractivity contribution is -0.139. The van der Waals surface area contributed by atoms with E-state index in [0.717, 1.165) is 16.3 Å². The number of carbonyl (C=O) groups is 2. The van der Waals surface area contributed by atoms with Crippen LogP contribution >= 0.6 is 11.3 Å². The molecular formula is C34H40N6O3S. The highest BCUT2D eigenvalue weighted by Crippen LogP contribution is 2.19. The van der Waals surface area contributed by atoms with E-state index in [2.05, 4.69) is 39.9 Å². The molecule has 0 aliphatic carbocycles. The number of rotatable bonds is 13. The van der Waals surface area contributed by atoms with Crippen LogP contribution in [0.4, 0.5) is 0 Å². The van der Waals surface area contributed by atoms with Crippen molar-refractivity contribution in [3.8, 4) is 0 Å². The number of amides is 1. The van der Waals surface area contributed by atoms with E-state index in [1.165, 1.54) is 16.3 Å². The summed E-state index contributed by atoms with van der Waals surface area (Å²) in [6.07, 6.45) is 5.33. The summed E-state index contributed by atoms with van der Waals surface area (Å²) in [7, 11) is 1.98. The van der Waals surface area contributed by atoms with Crippen molar-refractivity contribution in [3.05, 3.63) is 124 Å². The maximum atomic E-state index is 12.5. The van der Waals surface area contributed by atoms with Crippen LogP contribution in [-0.2, 0) is 31.4 Å². The van der Waals surface area contributed by atoms with Crippen LogP contribution in [0.2, 0.25) is 0 Å². The second-order valence-corrected chi connectivity index (χ2v) is 11.5. The lowest BCUT2D eigenvalue weighted by Gasteiger charge is -2.16. The highest BCUT2D eigenvalue weighted by molar-refractivity contribution is 7.09. The van der Waals surface area contributed by atoms with Gasteiger partial charge in [0.25, 0.3) is 5.91 Å². The van der Waals surface area contributed by atoms with Gasteiger partial charge in [0.15, 0.2) is 0 Å². The zero-order chi connectivity index (χ0) is 31.3. The average Bonchev–Trinajstić information content (AvgIpc) is 3.71. The zero-order valence-electron chi connectivity index (χ0n) is 24.9. The van der Waals surface area contributed by atoms with E-state index in [-0.39, 0.29) is 6.04 Å². The minimum Gasteiger partial charge on any atom is -0.480 e. The smallest absolute Gasteiger partial charge is 0.326 e. The molecule has 5 rings (SSSR count). The number of carboxylic acids is 1. The van der Waals surface area contributed by atoms with Crippen LogP contribution in [0, 0.1) is 0 Å². The summed E-state index contributed by atoms with van der Waals surface area (Å²) in [6.45, 7) is 1.99. The first-order valence-corrected chi connectivity index (χ1v) is 15.5. The van der Waals surface area contributed by atoms with Crippen LogP contribution in [0.3, 0.4) is 0 Å². The number of nitrogens with one attached hydrogen (secondary N) is 2. The van der Waals surface area contributed by atoms with Crippen molar-refractivity contribution >= 4 is 34.0 Å². The molecule has 230 valence electrons. The number of hydrogen-bond acceptors (Lipinski definition) is 7. The molecule has 2 atom stereocenters. The molecule has 5 aromatic rings. The highest BCUT2D eigenvalue weighted by Gasteiger charge is 2.20. The normalized spacial score (nSPS) is 12.2. The summed E-state index contributed by atoms with van der Waals surface area (Å²) in [4.78, 5) is 28.4. The molecule has 10 heteroatoms. The van der Waals surface area contributed by atoms with Crippen LogP contribution in [0.1, 0.15) is 51.1 Å². The Morgan fingerprint density at radius 1 is 1.02 bits per heavy atom. The van der Waals surface area contributed by atoms with E-state index in [4.69, 9.17) is 11.5 Å². The number of aryl methyl sites for hydroxylation is 1. The molecule has 0 saturated carbocycles. The SMILES string of the molecule is Cn1cccc1CNCCCC(NC(=O)c1ccc(C(N)Cc2nccs2)cc1)C(=O)O.NCc1cccc2ccccc12. The number of hydrogen-bond donors (Lipinski definition) is 5. The van der Waals surface area contributed by atoms with Crippen molar-refractivity contribution in [2.75, 3.05) is 6.54 Å². The van der Waals surface area contributed by atoms with E-state index in [1.807, 2.05) is 53.5 Å². The van der Waals surface area contributed by atoms with Gasteiger partial charge >= 0.3 is 5.97 Å². The van der Waals surface area contributed by atoms with Gasteiger partial charge in [0.1, 0.15) is 6.04 Å². The second-order valence-electron chi connectivity index (χ2n) is 10.5. The number of nitrogens with zero attached hydrogens (tertiary/aromatic N) is 2. The molecule has 0 aliphatic heterocycles. The van der Waals surface area contributed by atoms with Gasteiger partial charge in [-0.2, -0.15) is 0 Å². The maximum Gasteiger partial charge on any atom is 0.326 e. The number of benzene rings is 3. The maximum absolute atomic E-state index is 12.5. The molecule has 3 aromatic carbocycles. The van der Waals surface area contributed by atoms with Crippen LogP contribution in [0.5, 0.6) is 0 Å². The van der Waals surface area contributed by atoms with E-state index in [1.54, 1.807) is 41.8 Å². The summed E-state index contributed by atoms with van der Waals surface area (Å²) in [5.41, 5.74) is 15.5. The third-order valence-electron chi connectivity index (χ3n) is 7.39. The fourth-order valence-corrected chi connectivity index (χ4v) is 5.51. The lowest BCUT2D eigenvalue weighted by Crippen LogP contribution is -2.41. The summed E-state index contributed by atoms with van der Waals surface area (Å²) in [5.74, 6) is -1.45. The van der Waals surface area contributed by atoms with Gasteiger partial charge in [0, 0.05) is 61.6 Å². The highest BCUT2D eigenvalue weighted by atomic mass is 32.1. The number of carboxylic acid groups (broad SMARTS) is 1. The standard InChI is InChI=1S/C23H29N5O3S.C11H11N/c1-28-12-3-4-18(28)15-25-10-2-5-20(23(30)31)27-22(29)17-8-6-16(7-9-17)19(24)14-21-26-11-13-32-21;12-8-10-6-3-5-9-4-1-2-7-11(9)10/h3-4,6-9,11-13,19-20,25H,2,5,10,14-15,24H2,1H3,(H,27,29)(H,30,31);1-7H,8,12H2. The van der Waals surface area contributed by atoms with Crippen LogP contribution in [0.25, 0.3) is 10.8 Å². The first-order chi connectivity index (χ1) is 21.4. The Balaban J connectivity index is 0.000000305. The number of fused-ring (bicyclic) bond motifs is 1. The molecule has 0 saturated heterocycles. The molecule has 0 bridgehead atoms. The van der Waals surface area contributed by atoms with Crippen LogP contribution < -0.4 is 22.1 Å². The molecule has 0 fully saturated rings. The van der Waals surface area contributed by atoms with Crippen molar-refractivity contribution in [2.24, 2.45) is 18.5 Å². The van der Waals surface area contributed by atoms with Crippen LogP contribution in [0.15, 0.2) is 96.6 Å². The Morgan fingerprint density at radius 3 is 2.48 bits per heavy atom.